The molecule has 0 bridgehead atoms. The van der Waals surface area contributed by atoms with Crippen molar-refractivity contribution < 1.29 is 4.79 Å². The Labute approximate surface area is 145 Å². The third kappa shape index (κ3) is 3.41. The van der Waals surface area contributed by atoms with E-state index in [-0.39, 0.29) is 17.1 Å². The van der Waals surface area contributed by atoms with E-state index < -0.39 is 5.41 Å². The lowest BCUT2D eigenvalue weighted by Gasteiger charge is -2.33. The van der Waals surface area contributed by atoms with Gasteiger partial charge in [0.1, 0.15) is 0 Å². The second-order valence-corrected chi connectivity index (χ2v) is 7.93. The van der Waals surface area contributed by atoms with Crippen LogP contribution in [0.25, 0.3) is 0 Å². The molecule has 24 heavy (non-hydrogen) atoms. The molecule has 1 aromatic carbocycles. The second kappa shape index (κ2) is 6.24. The van der Waals surface area contributed by atoms with Crippen molar-refractivity contribution in [2.24, 2.45) is 10.8 Å². The van der Waals surface area contributed by atoms with Gasteiger partial charge in [-0.05, 0) is 23.1 Å². The van der Waals surface area contributed by atoms with Crippen LogP contribution in [0, 0.1) is 22.2 Å². The van der Waals surface area contributed by atoms with Crippen LogP contribution < -0.4 is 0 Å². The molecule has 0 N–H and O–H groups in total. The highest BCUT2D eigenvalue weighted by atomic mass is 16.1. The number of hydrogen-bond donors (Lipinski definition) is 0. The molecule has 1 aliphatic carbocycles. The summed E-state index contributed by atoms with van der Waals surface area (Å²) in [5.41, 5.74) is 2.62. The third-order valence-electron chi connectivity index (χ3n) is 4.59. The van der Waals surface area contributed by atoms with Gasteiger partial charge in [0.05, 0.1) is 11.6 Å². The van der Waals surface area contributed by atoms with Gasteiger partial charge >= 0.3 is 0 Å². The highest BCUT2D eigenvalue weighted by Crippen LogP contribution is 2.42. The molecule has 1 aliphatic rings. The first-order valence-electron chi connectivity index (χ1n) is 8.23. The van der Waals surface area contributed by atoms with Gasteiger partial charge in [0.15, 0.2) is 5.78 Å². The molecule has 0 aliphatic heterocycles. The fourth-order valence-corrected chi connectivity index (χ4v) is 2.92. The Morgan fingerprint density at radius 1 is 1.12 bits per heavy atom. The smallest absolute Gasteiger partial charge is 0.185 e. The Morgan fingerprint density at radius 3 is 2.29 bits per heavy atom. The Bertz CT molecular complexity index is 779. The van der Waals surface area contributed by atoms with Gasteiger partial charge < -0.3 is 0 Å². The quantitative estimate of drug-likeness (QED) is 0.706. The summed E-state index contributed by atoms with van der Waals surface area (Å²) >= 11 is 0. The normalized spacial score (nSPS) is 18.5. The lowest BCUT2D eigenvalue weighted by Crippen LogP contribution is -2.29. The molecule has 2 rings (SSSR count). The lowest BCUT2D eigenvalue weighted by atomic mass is 9.69. The van der Waals surface area contributed by atoms with Gasteiger partial charge in [-0.1, -0.05) is 65.0 Å². The summed E-state index contributed by atoms with van der Waals surface area (Å²) in [6, 6.07) is 9.77. The van der Waals surface area contributed by atoms with Gasteiger partial charge in [0.2, 0.25) is 0 Å². The van der Waals surface area contributed by atoms with Crippen LogP contribution in [0.3, 0.4) is 0 Å². The minimum absolute atomic E-state index is 0.0144. The van der Waals surface area contributed by atoms with Crippen LogP contribution in [0.4, 0.5) is 0 Å². The maximum atomic E-state index is 13.0. The SMILES string of the molecule is C=CC(C)(C)C1=CC(c2cccc(C#N)c2)C=C(C(C)(C)C)C1=O. The number of rotatable bonds is 3. The molecule has 1 aromatic rings. The van der Waals surface area contributed by atoms with Crippen molar-refractivity contribution in [3.05, 3.63) is 71.3 Å². The monoisotopic (exact) mass is 319 g/mol. The summed E-state index contributed by atoms with van der Waals surface area (Å²) in [7, 11) is 0. The van der Waals surface area contributed by atoms with Crippen LogP contribution in [-0.4, -0.2) is 5.78 Å². The fraction of sp³-hybridized carbons (Fsp3) is 0.364. The minimum Gasteiger partial charge on any atom is -0.289 e. The van der Waals surface area contributed by atoms with E-state index in [1.165, 1.54) is 0 Å². The van der Waals surface area contributed by atoms with Crippen LogP contribution in [0.2, 0.25) is 0 Å². The topological polar surface area (TPSA) is 40.9 Å². The summed E-state index contributed by atoms with van der Waals surface area (Å²) in [5, 5.41) is 9.15. The van der Waals surface area contributed by atoms with Gasteiger partial charge in [-0.15, -0.1) is 6.58 Å². The van der Waals surface area contributed by atoms with E-state index in [2.05, 4.69) is 33.4 Å². The van der Waals surface area contributed by atoms with E-state index in [1.807, 2.05) is 50.3 Å². The molecule has 1 unspecified atom stereocenters. The summed E-state index contributed by atoms with van der Waals surface area (Å²) in [6.45, 7) is 14.1. The van der Waals surface area contributed by atoms with Gasteiger partial charge in [0, 0.05) is 22.5 Å². The number of ketones is 1. The first kappa shape index (κ1) is 17.9. The molecular formula is C22H25NO. The average Bonchev–Trinajstić information content (AvgIpc) is 2.53. The van der Waals surface area contributed by atoms with Crippen LogP contribution in [0.5, 0.6) is 0 Å². The molecule has 0 aromatic heterocycles. The maximum absolute atomic E-state index is 13.0. The molecule has 1 atom stereocenters. The molecule has 2 heteroatoms. The number of Topliss-reactive ketones (excluding diaryl/α,β-unsaturated/α-hetero) is 1. The Balaban J connectivity index is 2.63. The number of nitrogens with zero attached hydrogens (tertiary/aromatic N) is 1. The molecule has 0 amide bonds. The van der Waals surface area contributed by atoms with Crippen LogP contribution in [0.1, 0.15) is 51.7 Å². The van der Waals surface area contributed by atoms with Gasteiger partial charge in [-0.2, -0.15) is 5.26 Å². The molecule has 0 spiro atoms. The molecule has 2 nitrogen and oxygen atoms in total. The highest BCUT2D eigenvalue weighted by Gasteiger charge is 2.36. The lowest BCUT2D eigenvalue weighted by molar-refractivity contribution is -0.114. The molecule has 0 fully saturated rings. The van der Waals surface area contributed by atoms with Gasteiger partial charge in [-0.25, -0.2) is 0 Å². The van der Waals surface area contributed by atoms with Crippen LogP contribution in [-0.2, 0) is 4.79 Å². The van der Waals surface area contributed by atoms with Gasteiger partial charge in [0.25, 0.3) is 0 Å². The number of nitriles is 1. The molecule has 124 valence electrons. The first-order valence-corrected chi connectivity index (χ1v) is 8.23. The van der Waals surface area contributed by atoms with E-state index in [1.54, 1.807) is 6.07 Å². The van der Waals surface area contributed by atoms with E-state index in [9.17, 15) is 4.79 Å². The molecular weight excluding hydrogens is 294 g/mol. The van der Waals surface area contributed by atoms with Crippen molar-refractivity contribution >= 4 is 5.78 Å². The second-order valence-electron chi connectivity index (χ2n) is 7.93. The van der Waals surface area contributed by atoms with Crippen LogP contribution in [0.15, 0.2) is 60.2 Å². The van der Waals surface area contributed by atoms with E-state index in [0.717, 1.165) is 16.7 Å². The zero-order valence-electron chi connectivity index (χ0n) is 15.2. The van der Waals surface area contributed by atoms with Crippen molar-refractivity contribution in [1.82, 2.24) is 0 Å². The Morgan fingerprint density at radius 2 is 1.75 bits per heavy atom. The van der Waals surface area contributed by atoms with E-state index >= 15 is 0 Å². The summed E-state index contributed by atoms with van der Waals surface area (Å²) in [5.74, 6) is 0.0829. The number of allylic oxidation sites excluding steroid dienone is 5. The van der Waals surface area contributed by atoms with Crippen molar-refractivity contribution in [2.45, 2.75) is 40.5 Å². The first-order chi connectivity index (χ1) is 11.1. The number of carbonyl (C=O) groups is 1. The summed E-state index contributed by atoms with van der Waals surface area (Å²) in [6.07, 6.45) is 5.89. The van der Waals surface area contributed by atoms with Crippen molar-refractivity contribution in [3.8, 4) is 6.07 Å². The fourth-order valence-electron chi connectivity index (χ4n) is 2.92. The summed E-state index contributed by atoms with van der Waals surface area (Å²) in [4.78, 5) is 13.0. The maximum Gasteiger partial charge on any atom is 0.185 e. The Hall–Kier alpha value is -2.40. The largest absolute Gasteiger partial charge is 0.289 e. The van der Waals surface area contributed by atoms with E-state index in [4.69, 9.17) is 5.26 Å². The zero-order chi connectivity index (χ0) is 18.1. The molecule has 0 heterocycles. The van der Waals surface area contributed by atoms with Crippen molar-refractivity contribution in [2.75, 3.05) is 0 Å². The van der Waals surface area contributed by atoms with Crippen LogP contribution >= 0.6 is 0 Å². The zero-order valence-corrected chi connectivity index (χ0v) is 15.2. The highest BCUT2D eigenvalue weighted by molar-refractivity contribution is 6.11. The molecule has 0 saturated heterocycles. The predicted molar refractivity (Wildman–Crippen MR) is 98.5 cm³/mol. The molecule has 0 radical (unpaired) electrons. The molecule has 0 saturated carbocycles. The van der Waals surface area contributed by atoms with Crippen molar-refractivity contribution in [3.63, 3.8) is 0 Å². The van der Waals surface area contributed by atoms with Gasteiger partial charge in [-0.3, -0.25) is 4.79 Å². The minimum atomic E-state index is -0.396. The average molecular weight is 319 g/mol. The Kier molecular flexibility index (Phi) is 4.67. The third-order valence-corrected chi connectivity index (χ3v) is 4.59. The standard InChI is InChI=1S/C22H25NO/c1-7-22(5,6)19-13-17(12-18(20(19)24)21(2,3)4)16-10-8-9-15(11-16)14-23/h7-13,17H,1H2,2-6H3. The number of benzene rings is 1. The summed E-state index contributed by atoms with van der Waals surface area (Å²) < 4.78 is 0. The van der Waals surface area contributed by atoms with Crippen molar-refractivity contribution in [1.29, 1.82) is 5.26 Å². The number of hydrogen-bond acceptors (Lipinski definition) is 2. The van der Waals surface area contributed by atoms with E-state index in [0.29, 0.717) is 5.56 Å². The predicted octanol–water partition coefficient (Wildman–Crippen LogP) is 5.34. The number of carbonyl (C=O) groups excluding carboxylic acids is 1.